The number of carbonyl (C=O) groups is 2. The standard InChI is InChI=1S/C20H21N3O15S4/c1-10(24)21-15-8-13(40(29,30)31)6-11-7-17(41(32,33)34)19(20(26)18(11)15)23-22-14-3-2-12(9-16(14)25)39(27,28)5-4-38-42(35,36)37/h2-3,6-9,11,18,22,25H,4-5H2,1H3,(H,21,24)(H,29,30,31)(H,32,33,34)(H,35,36,37)/b23-19-. The minimum absolute atomic E-state index is 0.346. The first-order valence-corrected chi connectivity index (χ1v) is 16.9. The van der Waals surface area contributed by atoms with Crippen molar-refractivity contribution in [2.45, 2.75) is 11.8 Å². The number of fused-ring (bicyclic) bond motifs is 1. The summed E-state index contributed by atoms with van der Waals surface area (Å²) in [6.45, 7) is 0.0826. The highest BCUT2D eigenvalue weighted by atomic mass is 32.3. The molecule has 22 heteroatoms. The molecule has 0 spiro atoms. The number of phenols is 1. The second kappa shape index (κ2) is 11.6. The predicted molar refractivity (Wildman–Crippen MR) is 142 cm³/mol. The zero-order chi connectivity index (χ0) is 31.8. The van der Waals surface area contributed by atoms with Gasteiger partial charge in [0.05, 0.1) is 33.8 Å². The number of nitrogens with zero attached hydrogens (tertiary/aromatic N) is 1. The second-order valence-corrected chi connectivity index (χ2v) is 14.6. The Morgan fingerprint density at radius 2 is 1.64 bits per heavy atom. The van der Waals surface area contributed by atoms with Crippen LogP contribution in [0.3, 0.4) is 0 Å². The molecule has 3 rings (SSSR count). The molecule has 0 fully saturated rings. The van der Waals surface area contributed by atoms with Gasteiger partial charge in [0.2, 0.25) is 5.91 Å². The molecule has 2 unspecified atom stereocenters. The SMILES string of the molecule is CC(=O)NC1=CC(S(=O)(=O)O)=CC2C=C(S(=O)(=O)O)/C(=N/Nc3ccc(S(=O)(=O)CCOS(=O)(=O)O)cc3O)C(=O)C12. The highest BCUT2D eigenvalue weighted by Crippen LogP contribution is 2.37. The molecule has 2 aliphatic carbocycles. The molecule has 0 saturated heterocycles. The average molecular weight is 672 g/mol. The van der Waals surface area contributed by atoms with Gasteiger partial charge >= 0.3 is 10.4 Å². The van der Waals surface area contributed by atoms with Crippen LogP contribution in [0, 0.1) is 11.8 Å². The number of hydrazone groups is 1. The van der Waals surface area contributed by atoms with Gasteiger partial charge in [-0.1, -0.05) is 12.2 Å². The molecular formula is C20H21N3O15S4. The molecule has 2 atom stereocenters. The van der Waals surface area contributed by atoms with E-state index in [-0.39, 0.29) is 11.4 Å². The van der Waals surface area contributed by atoms with Crippen LogP contribution in [0.2, 0.25) is 0 Å². The second-order valence-electron chi connectivity index (χ2n) is 8.57. The Labute approximate surface area is 238 Å². The molecule has 42 heavy (non-hydrogen) atoms. The van der Waals surface area contributed by atoms with Crippen molar-refractivity contribution < 1.29 is 66.2 Å². The Morgan fingerprint density at radius 1 is 1.00 bits per heavy atom. The smallest absolute Gasteiger partial charge is 0.397 e. The molecule has 0 saturated carbocycles. The third kappa shape index (κ3) is 7.86. The number of hydrogen-bond donors (Lipinski definition) is 6. The van der Waals surface area contributed by atoms with Gasteiger partial charge in [-0.2, -0.15) is 30.4 Å². The van der Waals surface area contributed by atoms with Crippen molar-refractivity contribution in [3.63, 3.8) is 0 Å². The zero-order valence-corrected chi connectivity index (χ0v) is 24.2. The summed E-state index contributed by atoms with van der Waals surface area (Å²) < 4.78 is 125. The lowest BCUT2D eigenvalue weighted by molar-refractivity contribution is -0.119. The summed E-state index contributed by atoms with van der Waals surface area (Å²) in [5.74, 6) is -6.50. The van der Waals surface area contributed by atoms with E-state index in [1.54, 1.807) is 0 Å². The number of nitrogens with one attached hydrogen (secondary N) is 2. The number of allylic oxidation sites excluding steroid dienone is 5. The van der Waals surface area contributed by atoms with E-state index >= 15 is 0 Å². The third-order valence-corrected chi connectivity index (χ3v) is 9.44. The number of benzene rings is 1. The van der Waals surface area contributed by atoms with Crippen molar-refractivity contribution in [1.82, 2.24) is 5.32 Å². The van der Waals surface area contributed by atoms with Gasteiger partial charge in [0.25, 0.3) is 20.2 Å². The molecule has 0 heterocycles. The molecule has 2 aliphatic rings. The fraction of sp³-hybridized carbons (Fsp3) is 0.250. The van der Waals surface area contributed by atoms with Crippen molar-refractivity contribution in [1.29, 1.82) is 0 Å². The Kier molecular flexibility index (Phi) is 9.14. The van der Waals surface area contributed by atoms with Crippen LogP contribution in [-0.4, -0.2) is 82.2 Å². The highest BCUT2D eigenvalue weighted by Gasteiger charge is 2.44. The van der Waals surface area contributed by atoms with E-state index in [1.807, 2.05) is 0 Å². The van der Waals surface area contributed by atoms with Gasteiger partial charge in [-0.25, -0.2) is 12.6 Å². The van der Waals surface area contributed by atoms with Crippen LogP contribution in [0.4, 0.5) is 5.69 Å². The molecule has 0 aliphatic heterocycles. The van der Waals surface area contributed by atoms with Gasteiger partial charge < -0.3 is 10.4 Å². The van der Waals surface area contributed by atoms with Crippen LogP contribution >= 0.6 is 0 Å². The fourth-order valence-electron chi connectivity index (χ4n) is 3.85. The number of rotatable bonds is 10. The lowest BCUT2D eigenvalue weighted by Gasteiger charge is -2.32. The maximum Gasteiger partial charge on any atom is 0.397 e. The number of Topliss-reactive ketones (excluding diaryl/α,β-unsaturated/α-hetero) is 1. The Balaban J connectivity index is 2.01. The number of aromatic hydroxyl groups is 1. The van der Waals surface area contributed by atoms with Crippen molar-refractivity contribution in [2.24, 2.45) is 16.9 Å². The number of ketones is 1. The molecule has 1 aromatic carbocycles. The van der Waals surface area contributed by atoms with E-state index in [4.69, 9.17) is 4.55 Å². The van der Waals surface area contributed by atoms with Gasteiger partial charge in [0.15, 0.2) is 15.6 Å². The van der Waals surface area contributed by atoms with Crippen molar-refractivity contribution in [3.8, 4) is 5.75 Å². The minimum atomic E-state index is -5.20. The first-order valence-electron chi connectivity index (χ1n) is 11.0. The maximum absolute atomic E-state index is 13.4. The molecular weight excluding hydrogens is 650 g/mol. The van der Waals surface area contributed by atoms with Crippen LogP contribution in [0.25, 0.3) is 0 Å². The number of sulfone groups is 1. The average Bonchev–Trinajstić information content (AvgIpc) is 2.81. The summed E-state index contributed by atoms with van der Waals surface area (Å²) in [6, 6.07) is 2.56. The predicted octanol–water partition coefficient (Wildman–Crippen LogP) is -0.855. The molecule has 230 valence electrons. The van der Waals surface area contributed by atoms with E-state index in [9.17, 15) is 57.5 Å². The first-order chi connectivity index (χ1) is 19.1. The van der Waals surface area contributed by atoms with Gasteiger partial charge in [-0.05, 0) is 18.2 Å². The van der Waals surface area contributed by atoms with Gasteiger partial charge in [-0.3, -0.25) is 28.7 Å². The number of amides is 1. The first kappa shape index (κ1) is 33.0. The number of phenolic OH excluding ortho intramolecular Hbond substituents is 1. The van der Waals surface area contributed by atoms with Crippen LogP contribution < -0.4 is 10.7 Å². The highest BCUT2D eigenvalue weighted by molar-refractivity contribution is 7.91. The summed E-state index contributed by atoms with van der Waals surface area (Å²) in [7, 11) is -19.2. The van der Waals surface area contributed by atoms with Gasteiger partial charge in [-0.15, -0.1) is 0 Å². The lowest BCUT2D eigenvalue weighted by atomic mass is 9.77. The van der Waals surface area contributed by atoms with E-state index in [0.717, 1.165) is 37.3 Å². The molecule has 18 nitrogen and oxygen atoms in total. The molecule has 1 aromatic rings. The fourth-order valence-corrected chi connectivity index (χ4v) is 6.67. The summed E-state index contributed by atoms with van der Waals surface area (Å²) in [4.78, 5) is 22.7. The van der Waals surface area contributed by atoms with Crippen LogP contribution in [-0.2, 0) is 54.2 Å². The maximum atomic E-state index is 13.4. The molecule has 6 N–H and O–H groups in total. The number of anilines is 1. The van der Waals surface area contributed by atoms with Crippen LogP contribution in [0.15, 0.2) is 61.9 Å². The summed E-state index contributed by atoms with van der Waals surface area (Å²) in [6.07, 6.45) is 2.36. The quantitative estimate of drug-likeness (QED) is 0.100. The van der Waals surface area contributed by atoms with Crippen molar-refractivity contribution in [2.75, 3.05) is 17.8 Å². The van der Waals surface area contributed by atoms with Crippen molar-refractivity contribution in [3.05, 3.63) is 51.9 Å². The molecule has 0 aromatic heterocycles. The van der Waals surface area contributed by atoms with E-state index in [0.29, 0.717) is 6.07 Å². The minimum Gasteiger partial charge on any atom is -0.506 e. The summed E-state index contributed by atoms with van der Waals surface area (Å²) >= 11 is 0. The normalized spacial score (nSPS) is 20.7. The van der Waals surface area contributed by atoms with E-state index in [1.165, 1.54) is 0 Å². The lowest BCUT2D eigenvalue weighted by Crippen LogP contribution is -2.43. The molecule has 0 bridgehead atoms. The third-order valence-electron chi connectivity index (χ3n) is 5.56. The number of hydrogen-bond acceptors (Lipinski definition) is 14. The number of carbonyl (C=O) groups excluding carboxylic acids is 2. The van der Waals surface area contributed by atoms with Crippen LogP contribution in [0.1, 0.15) is 6.92 Å². The Hall–Kier alpha value is -3.51. The Morgan fingerprint density at radius 3 is 2.17 bits per heavy atom. The molecule has 0 radical (unpaired) electrons. The van der Waals surface area contributed by atoms with Crippen LogP contribution in [0.5, 0.6) is 5.75 Å². The summed E-state index contributed by atoms with van der Waals surface area (Å²) in [5, 5.41) is 16.2. The largest absolute Gasteiger partial charge is 0.506 e. The van der Waals surface area contributed by atoms with Gasteiger partial charge in [0.1, 0.15) is 16.4 Å². The summed E-state index contributed by atoms with van der Waals surface area (Å²) in [5.41, 5.74) is 0.479. The topological polar surface area (TPSA) is 297 Å². The zero-order valence-electron chi connectivity index (χ0n) is 20.9. The van der Waals surface area contributed by atoms with Crippen molar-refractivity contribution >= 4 is 63.6 Å². The van der Waals surface area contributed by atoms with Gasteiger partial charge in [0, 0.05) is 24.6 Å². The monoisotopic (exact) mass is 671 g/mol. The van der Waals surface area contributed by atoms with E-state index in [2.05, 4.69) is 20.0 Å². The van der Waals surface area contributed by atoms with E-state index < -0.39 is 103 Å². The Bertz CT molecular complexity index is 1910. The molecule has 1 amide bonds.